The van der Waals surface area contributed by atoms with Gasteiger partial charge in [0.05, 0.1) is 11.4 Å². The zero-order valence-corrected chi connectivity index (χ0v) is 17.5. The monoisotopic (exact) mass is 435 g/mol. The highest BCUT2D eigenvalue weighted by atomic mass is 32.2. The summed E-state index contributed by atoms with van der Waals surface area (Å²) in [6, 6.07) is 8.18. The Balaban J connectivity index is 1.70. The number of anilines is 1. The Kier molecular flexibility index (Phi) is 6.54. The molecule has 0 spiro atoms. The van der Waals surface area contributed by atoms with Crippen LogP contribution in [0.4, 0.5) is 5.82 Å². The molecular formula is C19H25N5O5S. The first-order valence-electron chi connectivity index (χ1n) is 9.69. The molecule has 0 bridgehead atoms. The number of carbonyl (C=O) groups excluding carboxylic acids is 1. The predicted octanol–water partition coefficient (Wildman–Crippen LogP) is -0.282. The molecule has 0 unspecified atom stereocenters. The van der Waals surface area contributed by atoms with E-state index in [-0.39, 0.29) is 42.5 Å². The minimum absolute atomic E-state index is 0.0865. The number of Topliss-reactive ketones (excluding diaryl/α,β-unsaturated/α-hetero) is 1. The minimum Gasteiger partial charge on any atom is -0.384 e. The number of aromatic nitrogens is 2. The summed E-state index contributed by atoms with van der Waals surface area (Å²) in [5.74, 6) is -0.640. The van der Waals surface area contributed by atoms with Gasteiger partial charge in [0.1, 0.15) is 11.4 Å². The summed E-state index contributed by atoms with van der Waals surface area (Å²) in [6.07, 6.45) is 0.613. The van der Waals surface area contributed by atoms with E-state index >= 15 is 0 Å². The number of nitrogens with zero attached hydrogens (tertiary/aromatic N) is 3. The van der Waals surface area contributed by atoms with Crippen molar-refractivity contribution in [3.05, 3.63) is 56.7 Å². The number of sulfonamides is 1. The Morgan fingerprint density at radius 2 is 1.73 bits per heavy atom. The van der Waals surface area contributed by atoms with E-state index in [9.17, 15) is 22.8 Å². The van der Waals surface area contributed by atoms with Crippen molar-refractivity contribution in [2.45, 2.75) is 24.8 Å². The van der Waals surface area contributed by atoms with Crippen molar-refractivity contribution in [2.24, 2.45) is 0 Å². The zero-order valence-electron chi connectivity index (χ0n) is 16.7. The molecule has 2 aromatic rings. The largest absolute Gasteiger partial charge is 0.384 e. The van der Waals surface area contributed by atoms with Gasteiger partial charge in [0.2, 0.25) is 10.0 Å². The number of hydrogen-bond acceptors (Lipinski definition) is 7. The van der Waals surface area contributed by atoms with Gasteiger partial charge in [-0.3, -0.25) is 24.0 Å². The van der Waals surface area contributed by atoms with Crippen LogP contribution >= 0.6 is 0 Å². The third-order valence-electron chi connectivity index (χ3n) is 5.05. The number of hydrogen-bond donors (Lipinski definition) is 2. The van der Waals surface area contributed by atoms with Gasteiger partial charge < -0.3 is 5.73 Å². The maximum Gasteiger partial charge on any atom is 0.329 e. The van der Waals surface area contributed by atoms with E-state index < -0.39 is 27.1 Å². The lowest BCUT2D eigenvalue weighted by Crippen LogP contribution is -2.50. The summed E-state index contributed by atoms with van der Waals surface area (Å²) in [6.45, 7) is 3.18. The molecular weight excluding hydrogens is 410 g/mol. The van der Waals surface area contributed by atoms with Crippen LogP contribution in [0.15, 0.2) is 44.8 Å². The molecule has 11 heteroatoms. The lowest BCUT2D eigenvalue weighted by molar-refractivity contribution is 0.0900. The fourth-order valence-electron chi connectivity index (χ4n) is 3.45. The Morgan fingerprint density at radius 3 is 2.33 bits per heavy atom. The molecule has 2 heterocycles. The van der Waals surface area contributed by atoms with Crippen LogP contribution in [0.25, 0.3) is 0 Å². The van der Waals surface area contributed by atoms with Crippen molar-refractivity contribution < 1.29 is 13.2 Å². The second-order valence-electron chi connectivity index (χ2n) is 7.09. The zero-order chi connectivity index (χ0) is 21.9. The van der Waals surface area contributed by atoms with E-state index in [0.29, 0.717) is 19.5 Å². The molecule has 1 aliphatic rings. The average Bonchev–Trinajstić information content (AvgIpc) is 2.72. The molecule has 1 aromatic carbocycles. The number of aromatic amines is 1. The summed E-state index contributed by atoms with van der Waals surface area (Å²) in [7, 11) is -3.59. The molecule has 0 atom stereocenters. The summed E-state index contributed by atoms with van der Waals surface area (Å²) in [5.41, 5.74) is 4.25. The second kappa shape index (κ2) is 8.94. The average molecular weight is 436 g/mol. The highest BCUT2D eigenvalue weighted by Crippen LogP contribution is 2.17. The minimum atomic E-state index is -3.59. The molecule has 3 rings (SSSR count). The van der Waals surface area contributed by atoms with E-state index in [1.54, 1.807) is 35.2 Å². The fourth-order valence-corrected chi connectivity index (χ4v) is 4.90. The Morgan fingerprint density at radius 1 is 1.10 bits per heavy atom. The van der Waals surface area contributed by atoms with Crippen LogP contribution in [0.5, 0.6) is 0 Å². The van der Waals surface area contributed by atoms with Gasteiger partial charge >= 0.3 is 5.69 Å². The first kappa shape index (κ1) is 21.9. The molecule has 1 aromatic heterocycles. The number of benzene rings is 1. The van der Waals surface area contributed by atoms with E-state index in [0.717, 1.165) is 0 Å². The number of nitrogen functional groups attached to an aromatic ring is 1. The molecule has 10 nitrogen and oxygen atoms in total. The first-order chi connectivity index (χ1) is 14.3. The molecule has 1 saturated heterocycles. The van der Waals surface area contributed by atoms with E-state index in [4.69, 9.17) is 5.73 Å². The SMILES string of the molecule is CCCn1c(N)c(C(=O)CN2CCN(S(=O)(=O)c3ccccc3)CC2)c(=O)[nH]c1=O. The van der Waals surface area contributed by atoms with Crippen molar-refractivity contribution in [3.63, 3.8) is 0 Å². The van der Waals surface area contributed by atoms with Gasteiger partial charge in [-0.05, 0) is 18.6 Å². The maximum atomic E-state index is 12.7. The third kappa shape index (κ3) is 4.37. The molecule has 1 fully saturated rings. The van der Waals surface area contributed by atoms with Gasteiger partial charge in [0.25, 0.3) is 5.56 Å². The summed E-state index contributed by atoms with van der Waals surface area (Å²) in [4.78, 5) is 40.9. The first-order valence-corrected chi connectivity index (χ1v) is 11.1. The van der Waals surface area contributed by atoms with E-state index in [1.807, 2.05) is 6.92 Å². The molecule has 0 amide bonds. The highest BCUT2D eigenvalue weighted by Gasteiger charge is 2.30. The molecule has 0 aliphatic carbocycles. The van der Waals surface area contributed by atoms with Crippen LogP contribution in [0.2, 0.25) is 0 Å². The van der Waals surface area contributed by atoms with Gasteiger partial charge in [-0.25, -0.2) is 13.2 Å². The van der Waals surface area contributed by atoms with Gasteiger partial charge in [-0.15, -0.1) is 0 Å². The molecule has 30 heavy (non-hydrogen) atoms. The third-order valence-corrected chi connectivity index (χ3v) is 6.96. The number of piperazine rings is 1. The van der Waals surface area contributed by atoms with E-state index in [2.05, 4.69) is 4.98 Å². The summed E-state index contributed by atoms with van der Waals surface area (Å²) >= 11 is 0. The van der Waals surface area contributed by atoms with Crippen LogP contribution in [0, 0.1) is 0 Å². The fraction of sp³-hybridized carbons (Fsp3) is 0.421. The lowest BCUT2D eigenvalue weighted by atomic mass is 10.1. The Hall–Kier alpha value is -2.76. The number of ketones is 1. The number of rotatable bonds is 7. The van der Waals surface area contributed by atoms with Crippen molar-refractivity contribution >= 4 is 21.6 Å². The Labute approximate surface area is 174 Å². The predicted molar refractivity (Wildman–Crippen MR) is 112 cm³/mol. The normalized spacial score (nSPS) is 15.9. The number of carbonyl (C=O) groups is 1. The Bertz CT molecular complexity index is 1130. The van der Waals surface area contributed by atoms with E-state index in [1.165, 1.54) is 8.87 Å². The maximum absolute atomic E-state index is 12.7. The standard InChI is InChI=1S/C19H25N5O5S/c1-2-8-24-17(20)16(18(26)21-19(24)27)15(25)13-22-9-11-23(12-10-22)30(28,29)14-6-4-3-5-7-14/h3-7H,2,8-13,20H2,1H3,(H,21,26,27). The molecule has 0 radical (unpaired) electrons. The van der Waals surface area contributed by atoms with Gasteiger partial charge in [-0.1, -0.05) is 25.1 Å². The highest BCUT2D eigenvalue weighted by molar-refractivity contribution is 7.89. The summed E-state index contributed by atoms with van der Waals surface area (Å²) < 4.78 is 28.0. The quantitative estimate of drug-likeness (QED) is 0.570. The van der Waals surface area contributed by atoms with Crippen molar-refractivity contribution in [2.75, 3.05) is 38.5 Å². The van der Waals surface area contributed by atoms with Crippen molar-refractivity contribution in [3.8, 4) is 0 Å². The van der Waals surface area contributed by atoms with Crippen LogP contribution in [-0.4, -0.2) is 65.7 Å². The molecule has 1 aliphatic heterocycles. The smallest absolute Gasteiger partial charge is 0.329 e. The molecule has 0 saturated carbocycles. The van der Waals surface area contributed by atoms with Crippen molar-refractivity contribution in [1.29, 1.82) is 0 Å². The summed E-state index contributed by atoms with van der Waals surface area (Å²) in [5, 5.41) is 0. The van der Waals surface area contributed by atoms with Gasteiger partial charge in [0.15, 0.2) is 5.78 Å². The van der Waals surface area contributed by atoms with Crippen LogP contribution in [0.3, 0.4) is 0 Å². The van der Waals surface area contributed by atoms with Crippen LogP contribution in [0.1, 0.15) is 23.7 Å². The molecule has 162 valence electrons. The lowest BCUT2D eigenvalue weighted by Gasteiger charge is -2.33. The van der Waals surface area contributed by atoms with Gasteiger partial charge in [0, 0.05) is 32.7 Å². The number of nitrogens with two attached hydrogens (primary N) is 1. The number of nitrogens with one attached hydrogen (secondary N) is 1. The van der Waals surface area contributed by atoms with Crippen molar-refractivity contribution in [1.82, 2.24) is 18.8 Å². The topological polar surface area (TPSA) is 139 Å². The van der Waals surface area contributed by atoms with Crippen LogP contribution in [-0.2, 0) is 16.6 Å². The van der Waals surface area contributed by atoms with Gasteiger partial charge in [-0.2, -0.15) is 4.31 Å². The number of H-pyrrole nitrogens is 1. The second-order valence-corrected chi connectivity index (χ2v) is 9.03. The van der Waals surface area contributed by atoms with Crippen LogP contribution < -0.4 is 17.0 Å². The molecule has 3 N–H and O–H groups in total.